The topological polar surface area (TPSA) is 92.0 Å². The summed E-state index contributed by atoms with van der Waals surface area (Å²) in [5.74, 6) is -0.0239. The van der Waals surface area contributed by atoms with Gasteiger partial charge < -0.3 is 4.42 Å². The highest BCUT2D eigenvalue weighted by Crippen LogP contribution is 2.28. The van der Waals surface area contributed by atoms with Crippen molar-refractivity contribution in [2.45, 2.75) is 43.0 Å². The second-order valence-electron chi connectivity index (χ2n) is 6.60. The molecule has 1 aliphatic rings. The molecule has 9 heteroatoms. The van der Waals surface area contributed by atoms with Crippen molar-refractivity contribution in [3.05, 3.63) is 53.4 Å². The van der Waals surface area contributed by atoms with Crippen molar-refractivity contribution < 1.29 is 17.6 Å². The van der Waals surface area contributed by atoms with Gasteiger partial charge in [0, 0.05) is 11.1 Å². The van der Waals surface area contributed by atoms with E-state index in [1.54, 1.807) is 12.1 Å². The molecule has 0 bridgehead atoms. The highest BCUT2D eigenvalue weighted by Gasteiger charge is 2.33. The zero-order valence-electron chi connectivity index (χ0n) is 15.3. The summed E-state index contributed by atoms with van der Waals surface area (Å²) in [4.78, 5) is 12.5. The number of nitrogens with zero attached hydrogens (tertiary/aromatic N) is 2. The highest BCUT2D eigenvalue weighted by atomic mass is 35.5. The molecule has 1 aromatic heterocycles. The number of furan rings is 1. The molecule has 0 spiro atoms. The Morgan fingerprint density at radius 1 is 1.21 bits per heavy atom. The predicted octanol–water partition coefficient (Wildman–Crippen LogP) is 3.41. The fourth-order valence-electron chi connectivity index (χ4n) is 3.23. The van der Waals surface area contributed by atoms with Gasteiger partial charge in [0.25, 0.3) is 5.91 Å². The van der Waals surface area contributed by atoms with Gasteiger partial charge in [-0.3, -0.25) is 4.79 Å². The van der Waals surface area contributed by atoms with E-state index in [4.69, 9.17) is 16.0 Å². The van der Waals surface area contributed by atoms with Crippen LogP contribution in [0, 0.1) is 0 Å². The lowest BCUT2D eigenvalue weighted by Crippen LogP contribution is -2.46. The van der Waals surface area contributed by atoms with Crippen molar-refractivity contribution in [3.63, 3.8) is 0 Å². The van der Waals surface area contributed by atoms with Gasteiger partial charge in [-0.2, -0.15) is 9.41 Å². The largest absolute Gasteiger partial charge is 0.463 e. The Morgan fingerprint density at radius 2 is 1.93 bits per heavy atom. The molecular weight excluding hydrogens is 402 g/mol. The zero-order chi connectivity index (χ0) is 20.0. The number of rotatable bonds is 7. The van der Waals surface area contributed by atoms with E-state index in [9.17, 15) is 13.2 Å². The van der Waals surface area contributed by atoms with Gasteiger partial charge in [0.15, 0.2) is 0 Å². The lowest BCUT2D eigenvalue weighted by Gasteiger charge is -2.32. The SMILES string of the molecule is O=C(CN(C1CCCCC1)S(=O)(=O)c1ccc(Cl)cc1)N/N=C/c1ccco1. The maximum Gasteiger partial charge on any atom is 0.255 e. The number of sulfonamides is 1. The number of halogens is 1. The van der Waals surface area contributed by atoms with Crippen molar-refractivity contribution in [2.75, 3.05) is 6.54 Å². The van der Waals surface area contributed by atoms with Crippen LogP contribution in [0.25, 0.3) is 0 Å². The molecule has 0 unspecified atom stereocenters. The molecule has 2 aromatic rings. The molecule has 1 heterocycles. The zero-order valence-corrected chi connectivity index (χ0v) is 16.8. The van der Waals surface area contributed by atoms with Crippen LogP contribution in [0.5, 0.6) is 0 Å². The van der Waals surface area contributed by atoms with E-state index in [1.165, 1.54) is 41.0 Å². The minimum absolute atomic E-state index is 0.120. The van der Waals surface area contributed by atoms with Gasteiger partial charge in [0.05, 0.1) is 23.9 Å². The lowest BCUT2D eigenvalue weighted by molar-refractivity contribution is -0.121. The standard InChI is InChI=1S/C19H22ClN3O4S/c20-15-8-10-18(11-9-15)28(25,26)23(16-5-2-1-3-6-16)14-19(24)22-21-13-17-7-4-12-27-17/h4,7-13,16H,1-3,5-6,14H2,(H,22,24)/b21-13+. The van der Waals surface area contributed by atoms with E-state index in [0.717, 1.165) is 32.1 Å². The van der Waals surface area contributed by atoms with E-state index >= 15 is 0 Å². The van der Waals surface area contributed by atoms with Crippen LogP contribution < -0.4 is 5.43 Å². The Labute approximate surface area is 169 Å². The summed E-state index contributed by atoms with van der Waals surface area (Å²) < 4.78 is 32.8. The van der Waals surface area contributed by atoms with Crippen LogP contribution in [-0.2, 0) is 14.8 Å². The molecule has 0 atom stereocenters. The van der Waals surface area contributed by atoms with Gasteiger partial charge in [0.1, 0.15) is 5.76 Å². The van der Waals surface area contributed by atoms with Crippen LogP contribution >= 0.6 is 11.6 Å². The van der Waals surface area contributed by atoms with Crippen molar-refractivity contribution in [2.24, 2.45) is 5.10 Å². The average molecular weight is 424 g/mol. The van der Waals surface area contributed by atoms with E-state index in [0.29, 0.717) is 10.8 Å². The second-order valence-corrected chi connectivity index (χ2v) is 8.93. The second kappa shape index (κ2) is 9.36. The van der Waals surface area contributed by atoms with E-state index < -0.39 is 15.9 Å². The summed E-state index contributed by atoms with van der Waals surface area (Å²) in [6.45, 7) is -0.300. The van der Waals surface area contributed by atoms with Crippen molar-refractivity contribution in [1.29, 1.82) is 0 Å². The summed E-state index contributed by atoms with van der Waals surface area (Å²) in [5, 5.41) is 4.27. The molecule has 1 aromatic carbocycles. The molecular formula is C19H22ClN3O4S. The Kier molecular flexibility index (Phi) is 6.88. The smallest absolute Gasteiger partial charge is 0.255 e. The average Bonchev–Trinajstić information content (AvgIpc) is 3.20. The third kappa shape index (κ3) is 5.21. The van der Waals surface area contributed by atoms with Crippen LogP contribution in [0.15, 0.2) is 57.1 Å². The fraction of sp³-hybridized carbons (Fsp3) is 0.368. The molecule has 150 valence electrons. The van der Waals surface area contributed by atoms with E-state index in [2.05, 4.69) is 10.5 Å². The molecule has 28 heavy (non-hydrogen) atoms. The Balaban J connectivity index is 1.76. The highest BCUT2D eigenvalue weighted by molar-refractivity contribution is 7.89. The number of benzene rings is 1. The number of amides is 1. The van der Waals surface area contributed by atoms with Crippen LogP contribution in [0.3, 0.4) is 0 Å². The molecule has 0 aliphatic heterocycles. The van der Waals surface area contributed by atoms with Crippen LogP contribution in [-0.4, -0.2) is 37.4 Å². The lowest BCUT2D eigenvalue weighted by atomic mass is 9.95. The van der Waals surface area contributed by atoms with Gasteiger partial charge in [-0.1, -0.05) is 30.9 Å². The fourth-order valence-corrected chi connectivity index (χ4v) is 5.00. The number of hydrogen-bond acceptors (Lipinski definition) is 5. The Bertz CT molecular complexity index is 905. The first-order valence-corrected chi connectivity index (χ1v) is 10.9. The number of hydrazone groups is 1. The minimum atomic E-state index is -3.84. The molecule has 1 aliphatic carbocycles. The van der Waals surface area contributed by atoms with E-state index in [1.807, 2.05) is 0 Å². The third-order valence-electron chi connectivity index (χ3n) is 4.63. The molecule has 7 nitrogen and oxygen atoms in total. The van der Waals surface area contributed by atoms with E-state index in [-0.39, 0.29) is 17.5 Å². The normalized spacial score (nSPS) is 15.9. The van der Waals surface area contributed by atoms with Gasteiger partial charge in [0.2, 0.25) is 10.0 Å². The summed E-state index contributed by atoms with van der Waals surface area (Å²) in [5.41, 5.74) is 2.37. The van der Waals surface area contributed by atoms with Crippen LogP contribution in [0.2, 0.25) is 5.02 Å². The number of carbonyl (C=O) groups is 1. The van der Waals surface area contributed by atoms with Crippen LogP contribution in [0.4, 0.5) is 0 Å². The molecule has 1 fully saturated rings. The quantitative estimate of drug-likeness (QED) is 0.545. The first-order chi connectivity index (χ1) is 13.5. The molecule has 1 saturated carbocycles. The predicted molar refractivity (Wildman–Crippen MR) is 107 cm³/mol. The summed E-state index contributed by atoms with van der Waals surface area (Å²) in [6, 6.07) is 9.15. The van der Waals surface area contributed by atoms with Crippen molar-refractivity contribution in [3.8, 4) is 0 Å². The van der Waals surface area contributed by atoms with Gasteiger partial charge in [-0.05, 0) is 49.2 Å². The third-order valence-corrected chi connectivity index (χ3v) is 6.79. The number of hydrogen-bond donors (Lipinski definition) is 1. The summed E-state index contributed by atoms with van der Waals surface area (Å²) in [7, 11) is -3.84. The molecule has 1 N–H and O–H groups in total. The first kappa shape index (κ1) is 20.6. The molecule has 0 saturated heterocycles. The minimum Gasteiger partial charge on any atom is -0.463 e. The molecule has 0 radical (unpaired) electrons. The first-order valence-electron chi connectivity index (χ1n) is 9.09. The maximum absolute atomic E-state index is 13.2. The molecule has 3 rings (SSSR count). The summed E-state index contributed by atoms with van der Waals surface area (Å²) in [6.07, 6.45) is 7.27. The van der Waals surface area contributed by atoms with Gasteiger partial charge >= 0.3 is 0 Å². The number of carbonyl (C=O) groups excluding carboxylic acids is 1. The Hall–Kier alpha value is -2.16. The van der Waals surface area contributed by atoms with Crippen molar-refractivity contribution >= 4 is 33.7 Å². The van der Waals surface area contributed by atoms with Crippen molar-refractivity contribution in [1.82, 2.24) is 9.73 Å². The summed E-state index contributed by atoms with van der Waals surface area (Å²) >= 11 is 5.88. The van der Waals surface area contributed by atoms with Crippen LogP contribution in [0.1, 0.15) is 37.9 Å². The number of nitrogens with one attached hydrogen (secondary N) is 1. The Morgan fingerprint density at radius 3 is 2.57 bits per heavy atom. The van der Waals surface area contributed by atoms with Gasteiger partial charge in [-0.15, -0.1) is 0 Å². The van der Waals surface area contributed by atoms with Gasteiger partial charge in [-0.25, -0.2) is 13.8 Å². The monoisotopic (exact) mass is 423 g/mol. The maximum atomic E-state index is 13.2. The molecule has 1 amide bonds.